The number of carbonyl (C=O) groups is 2. The van der Waals surface area contributed by atoms with Crippen LogP contribution in [0.4, 0.5) is 30.2 Å². The van der Waals surface area contributed by atoms with Crippen molar-refractivity contribution in [3.8, 4) is 22.6 Å². The number of aromatic hydroxyl groups is 2. The van der Waals surface area contributed by atoms with Crippen LogP contribution < -0.4 is 9.80 Å². The number of halogens is 3. The number of carbonyl (C=O) groups excluding carboxylic acids is 2. The lowest BCUT2D eigenvalue weighted by Crippen LogP contribution is -2.39. The van der Waals surface area contributed by atoms with Gasteiger partial charge in [0, 0.05) is 48.2 Å². The fraction of sp³-hybridized carbons (Fsp3) is 0.179. The fourth-order valence-corrected chi connectivity index (χ4v) is 4.79. The molecule has 1 aliphatic heterocycles. The summed E-state index contributed by atoms with van der Waals surface area (Å²) in [6.07, 6.45) is -1.62. The summed E-state index contributed by atoms with van der Waals surface area (Å²) in [7, 11) is 1.67. The number of fused-ring (bicyclic) bond motifs is 1. The molecule has 1 aromatic heterocycles. The Morgan fingerprint density at radius 1 is 0.923 bits per heavy atom. The Morgan fingerprint density at radius 2 is 1.64 bits per heavy atom. The van der Waals surface area contributed by atoms with E-state index in [1.165, 1.54) is 27.9 Å². The molecule has 0 saturated heterocycles. The number of rotatable bonds is 4. The van der Waals surface area contributed by atoms with E-state index >= 15 is 0 Å². The lowest BCUT2D eigenvalue weighted by Gasteiger charge is -2.26. The Balaban J connectivity index is 1.77. The third kappa shape index (κ3) is 4.45. The molecule has 2 heterocycles. The number of nitrogens with zero attached hydrogens (tertiary/aromatic N) is 4. The first-order valence-electron chi connectivity index (χ1n) is 12.0. The zero-order valence-corrected chi connectivity index (χ0v) is 20.8. The first-order chi connectivity index (χ1) is 18.5. The van der Waals surface area contributed by atoms with Crippen LogP contribution in [0.25, 0.3) is 11.1 Å². The second kappa shape index (κ2) is 9.50. The first kappa shape index (κ1) is 25.8. The minimum Gasteiger partial charge on any atom is -0.507 e. The van der Waals surface area contributed by atoms with Crippen LogP contribution in [0.1, 0.15) is 24.0 Å². The summed E-state index contributed by atoms with van der Waals surface area (Å²) >= 11 is 0. The van der Waals surface area contributed by atoms with Gasteiger partial charge in [-0.3, -0.25) is 19.2 Å². The molecule has 0 saturated carbocycles. The van der Waals surface area contributed by atoms with Crippen molar-refractivity contribution in [2.45, 2.75) is 19.0 Å². The molecule has 1 atom stereocenters. The minimum absolute atomic E-state index is 0.0396. The van der Waals surface area contributed by atoms with Crippen molar-refractivity contribution >= 4 is 28.9 Å². The van der Waals surface area contributed by atoms with Crippen LogP contribution in [0, 0.1) is 0 Å². The molecule has 5 rings (SSSR count). The topological polar surface area (TPSA) is 98.9 Å². The second-order valence-electron chi connectivity index (χ2n) is 9.06. The predicted molar refractivity (Wildman–Crippen MR) is 138 cm³/mol. The lowest BCUT2D eigenvalue weighted by atomic mass is 9.91. The molecule has 0 aliphatic carbocycles. The molecule has 8 nitrogen and oxygen atoms in total. The van der Waals surface area contributed by atoms with E-state index in [2.05, 4.69) is 5.10 Å². The van der Waals surface area contributed by atoms with E-state index in [0.717, 1.165) is 23.1 Å². The number of para-hydroxylation sites is 1. The van der Waals surface area contributed by atoms with Crippen molar-refractivity contribution in [1.82, 2.24) is 9.78 Å². The fourth-order valence-electron chi connectivity index (χ4n) is 4.79. The van der Waals surface area contributed by atoms with Crippen molar-refractivity contribution in [1.29, 1.82) is 0 Å². The molecule has 39 heavy (non-hydrogen) atoms. The number of hydrogen-bond acceptors (Lipinski definition) is 5. The van der Waals surface area contributed by atoms with E-state index < -0.39 is 35.2 Å². The van der Waals surface area contributed by atoms with Gasteiger partial charge in [-0.25, -0.2) is 0 Å². The second-order valence-corrected chi connectivity index (χ2v) is 9.06. The Bertz CT molecular complexity index is 1580. The smallest absolute Gasteiger partial charge is 0.416 e. The van der Waals surface area contributed by atoms with Gasteiger partial charge in [0.15, 0.2) is 0 Å². The van der Waals surface area contributed by atoms with E-state index in [-0.39, 0.29) is 40.5 Å². The Kier molecular flexibility index (Phi) is 6.29. The van der Waals surface area contributed by atoms with Crippen LogP contribution in [0.5, 0.6) is 11.5 Å². The summed E-state index contributed by atoms with van der Waals surface area (Å²) in [5.41, 5.74) is -0.176. The van der Waals surface area contributed by atoms with Crippen LogP contribution in [-0.2, 0) is 22.8 Å². The number of likely N-dealkylation sites (N-methyl/N-ethyl adjacent to an activating group) is 1. The van der Waals surface area contributed by atoms with Gasteiger partial charge in [0.2, 0.25) is 11.8 Å². The number of aryl methyl sites for hydroxylation is 1. The summed E-state index contributed by atoms with van der Waals surface area (Å²) in [4.78, 5) is 30.5. The molecule has 0 radical (unpaired) electrons. The predicted octanol–water partition coefficient (Wildman–Crippen LogP) is 5.33. The maximum atomic E-state index is 14.2. The molecule has 1 aliphatic rings. The first-order valence-corrected chi connectivity index (χ1v) is 12.0. The van der Waals surface area contributed by atoms with Gasteiger partial charge in [-0.1, -0.05) is 18.2 Å². The summed E-state index contributed by atoms with van der Waals surface area (Å²) in [6, 6.07) is 13.2. The SMILES string of the molecule is CCN1C(=O)C(c2cc(-c3cnn(C)c3)c(O)cc2O)C(=O)N(c2ccccc2)c2cc(C(F)(F)F)ccc21. The van der Waals surface area contributed by atoms with Gasteiger partial charge < -0.3 is 15.1 Å². The van der Waals surface area contributed by atoms with E-state index in [4.69, 9.17) is 0 Å². The number of amides is 2. The van der Waals surface area contributed by atoms with E-state index in [1.54, 1.807) is 50.5 Å². The van der Waals surface area contributed by atoms with Crippen molar-refractivity contribution in [3.05, 3.63) is 84.2 Å². The number of hydrogen-bond donors (Lipinski definition) is 2. The monoisotopic (exact) mass is 536 g/mol. The molecule has 200 valence electrons. The molecule has 0 fully saturated rings. The van der Waals surface area contributed by atoms with Crippen LogP contribution >= 0.6 is 0 Å². The zero-order valence-electron chi connectivity index (χ0n) is 20.8. The third-order valence-electron chi connectivity index (χ3n) is 6.62. The number of alkyl halides is 3. The van der Waals surface area contributed by atoms with Gasteiger partial charge in [0.1, 0.15) is 17.4 Å². The van der Waals surface area contributed by atoms with E-state index in [9.17, 15) is 33.0 Å². The van der Waals surface area contributed by atoms with E-state index in [0.29, 0.717) is 5.56 Å². The standard InChI is InChI=1S/C28H23F3N4O4/c1-3-34-21-10-9-17(28(29,30)31)11-22(21)35(18-7-5-4-6-8-18)27(39)25(26(34)38)20-12-19(23(36)13-24(20)37)16-14-32-33(2)15-16/h4-15,25,36-37H,3H2,1-2H3. The number of benzene rings is 3. The number of phenolic OH excluding ortho intramolecular Hbond substituents is 2. The maximum Gasteiger partial charge on any atom is 0.416 e. The maximum absolute atomic E-state index is 14.2. The summed E-state index contributed by atoms with van der Waals surface area (Å²) in [6.45, 7) is 1.68. The molecule has 0 bridgehead atoms. The minimum atomic E-state index is -4.69. The Morgan fingerprint density at radius 3 is 2.26 bits per heavy atom. The Hall–Kier alpha value is -4.80. The summed E-state index contributed by atoms with van der Waals surface area (Å²) in [5.74, 6) is -4.05. The highest BCUT2D eigenvalue weighted by Crippen LogP contribution is 2.46. The number of anilines is 3. The molecule has 3 aromatic carbocycles. The van der Waals surface area contributed by atoms with Gasteiger partial charge in [-0.15, -0.1) is 0 Å². The van der Waals surface area contributed by atoms with Crippen molar-refractivity contribution in [2.24, 2.45) is 7.05 Å². The average Bonchev–Trinajstić information content (AvgIpc) is 3.29. The molecular weight excluding hydrogens is 513 g/mol. The van der Waals surface area contributed by atoms with Crippen LogP contribution in [-0.4, -0.2) is 38.4 Å². The molecular formula is C28H23F3N4O4. The van der Waals surface area contributed by atoms with Crippen LogP contribution in [0.2, 0.25) is 0 Å². The summed E-state index contributed by atoms with van der Waals surface area (Å²) in [5, 5.41) is 25.5. The van der Waals surface area contributed by atoms with Gasteiger partial charge in [-0.05, 0) is 43.3 Å². The number of phenols is 2. The third-order valence-corrected chi connectivity index (χ3v) is 6.62. The van der Waals surface area contributed by atoms with Gasteiger partial charge in [0.25, 0.3) is 0 Å². The molecule has 2 N–H and O–H groups in total. The molecule has 2 amide bonds. The molecule has 11 heteroatoms. The van der Waals surface area contributed by atoms with Crippen LogP contribution in [0.3, 0.4) is 0 Å². The normalized spacial score (nSPS) is 15.9. The quantitative estimate of drug-likeness (QED) is 0.344. The van der Waals surface area contributed by atoms with Crippen molar-refractivity contribution < 1.29 is 33.0 Å². The molecule has 4 aromatic rings. The summed E-state index contributed by atoms with van der Waals surface area (Å²) < 4.78 is 42.7. The highest BCUT2D eigenvalue weighted by Gasteiger charge is 2.44. The van der Waals surface area contributed by atoms with E-state index in [1.807, 2.05) is 0 Å². The lowest BCUT2D eigenvalue weighted by molar-refractivity contribution is -0.137. The van der Waals surface area contributed by atoms with Gasteiger partial charge in [-0.2, -0.15) is 18.3 Å². The van der Waals surface area contributed by atoms with Crippen LogP contribution in [0.15, 0.2) is 73.1 Å². The van der Waals surface area contributed by atoms with Crippen molar-refractivity contribution in [2.75, 3.05) is 16.3 Å². The highest BCUT2D eigenvalue weighted by atomic mass is 19.4. The van der Waals surface area contributed by atoms with Crippen molar-refractivity contribution in [3.63, 3.8) is 0 Å². The van der Waals surface area contributed by atoms with Gasteiger partial charge in [0.05, 0.1) is 23.1 Å². The zero-order chi connectivity index (χ0) is 28.1. The highest BCUT2D eigenvalue weighted by molar-refractivity contribution is 6.23. The molecule has 0 spiro atoms. The number of aromatic nitrogens is 2. The largest absolute Gasteiger partial charge is 0.507 e. The Labute approximate surface area is 221 Å². The molecule has 1 unspecified atom stereocenters. The average molecular weight is 537 g/mol. The van der Waals surface area contributed by atoms with Gasteiger partial charge >= 0.3 is 6.18 Å².